The molecule has 1 atom stereocenters. The average molecular weight is 389 g/mol. The highest BCUT2D eigenvalue weighted by atomic mass is 16.4. The van der Waals surface area contributed by atoms with Crippen LogP contribution in [0.1, 0.15) is 38.3 Å². The minimum absolute atomic E-state index is 0.0658. The van der Waals surface area contributed by atoms with E-state index in [0.717, 1.165) is 37.1 Å². The highest BCUT2D eigenvalue weighted by Gasteiger charge is 2.27. The summed E-state index contributed by atoms with van der Waals surface area (Å²) in [5, 5.41) is 13.2. The molecule has 4 rings (SSSR count). The molecule has 1 aliphatic rings. The lowest BCUT2D eigenvalue weighted by atomic mass is 9.98. The molecular weight excluding hydrogens is 366 g/mol. The normalized spacial score (nSPS) is 16.1. The number of amides is 1. The summed E-state index contributed by atoms with van der Waals surface area (Å²) >= 11 is 0. The lowest BCUT2D eigenvalue weighted by Crippen LogP contribution is -2.29. The van der Waals surface area contributed by atoms with E-state index >= 15 is 0 Å². The number of benzene rings is 2. The standard InChI is InChI=1S/C23H23N3O3/c27-22(21-4-1-3-18(14-21)16-26-11-2-10-24-26)25-12-9-19(15-25)13-17-5-7-20(8-6-17)23(28)29/h1-8,10-11,14,19H,9,12-13,15-16H2,(H,28,29)/t19-/m0/s1. The van der Waals surface area contributed by atoms with Gasteiger partial charge in [-0.2, -0.15) is 5.10 Å². The van der Waals surface area contributed by atoms with Crippen molar-refractivity contribution in [3.05, 3.63) is 89.2 Å². The van der Waals surface area contributed by atoms with Crippen LogP contribution >= 0.6 is 0 Å². The molecule has 1 fully saturated rings. The average Bonchev–Trinajstić information content (AvgIpc) is 3.40. The topological polar surface area (TPSA) is 75.4 Å². The molecule has 0 saturated carbocycles. The van der Waals surface area contributed by atoms with Crippen molar-refractivity contribution in [1.82, 2.24) is 14.7 Å². The van der Waals surface area contributed by atoms with Gasteiger partial charge in [0.25, 0.3) is 5.91 Å². The molecule has 1 saturated heterocycles. The number of aromatic carboxylic acids is 1. The Labute approximate surface area is 169 Å². The van der Waals surface area contributed by atoms with Crippen LogP contribution in [-0.2, 0) is 13.0 Å². The molecule has 29 heavy (non-hydrogen) atoms. The van der Waals surface area contributed by atoms with Crippen LogP contribution in [0.4, 0.5) is 0 Å². The molecule has 1 amide bonds. The maximum atomic E-state index is 13.0. The van der Waals surface area contributed by atoms with Crippen LogP contribution in [0.25, 0.3) is 0 Å². The molecule has 148 valence electrons. The van der Waals surface area contributed by atoms with Gasteiger partial charge in [0.05, 0.1) is 12.1 Å². The Bertz CT molecular complexity index is 996. The second-order valence-corrected chi connectivity index (χ2v) is 7.52. The fourth-order valence-corrected chi connectivity index (χ4v) is 3.87. The van der Waals surface area contributed by atoms with Crippen molar-refractivity contribution in [2.75, 3.05) is 13.1 Å². The summed E-state index contributed by atoms with van der Waals surface area (Å²) in [4.78, 5) is 25.9. The smallest absolute Gasteiger partial charge is 0.335 e. The second-order valence-electron chi connectivity index (χ2n) is 7.52. The van der Waals surface area contributed by atoms with Crippen molar-refractivity contribution >= 4 is 11.9 Å². The Morgan fingerprint density at radius 1 is 1.03 bits per heavy atom. The van der Waals surface area contributed by atoms with Gasteiger partial charge in [-0.15, -0.1) is 0 Å². The summed E-state index contributed by atoms with van der Waals surface area (Å²) in [5.41, 5.74) is 3.16. The minimum atomic E-state index is -0.913. The molecule has 2 heterocycles. The van der Waals surface area contributed by atoms with Crippen molar-refractivity contribution in [2.45, 2.75) is 19.4 Å². The maximum Gasteiger partial charge on any atom is 0.335 e. The number of hydrogen-bond acceptors (Lipinski definition) is 3. The van der Waals surface area contributed by atoms with Crippen LogP contribution in [-0.4, -0.2) is 44.8 Å². The summed E-state index contributed by atoms with van der Waals surface area (Å²) in [7, 11) is 0. The summed E-state index contributed by atoms with van der Waals surface area (Å²) in [6.45, 7) is 2.12. The lowest BCUT2D eigenvalue weighted by molar-refractivity contribution is 0.0696. The van der Waals surface area contributed by atoms with Crippen molar-refractivity contribution in [3.63, 3.8) is 0 Å². The van der Waals surface area contributed by atoms with E-state index < -0.39 is 5.97 Å². The number of carboxylic acid groups (broad SMARTS) is 1. The fourth-order valence-electron chi connectivity index (χ4n) is 3.87. The van der Waals surface area contributed by atoms with Crippen LogP contribution < -0.4 is 0 Å². The molecule has 3 aromatic rings. The van der Waals surface area contributed by atoms with E-state index in [2.05, 4.69) is 5.10 Å². The van der Waals surface area contributed by atoms with Crippen molar-refractivity contribution in [1.29, 1.82) is 0 Å². The monoisotopic (exact) mass is 389 g/mol. The third-order valence-electron chi connectivity index (χ3n) is 5.38. The SMILES string of the molecule is O=C(O)c1ccc(C[C@@H]2CCN(C(=O)c3cccc(Cn4cccn4)c3)C2)cc1. The first-order valence-corrected chi connectivity index (χ1v) is 9.76. The van der Waals surface area contributed by atoms with Gasteiger partial charge in [-0.1, -0.05) is 24.3 Å². The van der Waals surface area contributed by atoms with Gasteiger partial charge in [0.15, 0.2) is 0 Å². The van der Waals surface area contributed by atoms with Crippen LogP contribution in [0.5, 0.6) is 0 Å². The third kappa shape index (κ3) is 4.54. The number of aromatic nitrogens is 2. The number of carbonyl (C=O) groups excluding carboxylic acids is 1. The Hall–Kier alpha value is -3.41. The van der Waals surface area contributed by atoms with Crippen LogP contribution in [0.3, 0.4) is 0 Å². The summed E-state index contributed by atoms with van der Waals surface area (Å²) in [6, 6.07) is 16.6. The third-order valence-corrected chi connectivity index (χ3v) is 5.38. The zero-order valence-electron chi connectivity index (χ0n) is 16.1. The first-order valence-electron chi connectivity index (χ1n) is 9.76. The van der Waals surface area contributed by atoms with Gasteiger partial charge >= 0.3 is 5.97 Å². The molecule has 0 bridgehead atoms. The zero-order valence-corrected chi connectivity index (χ0v) is 16.1. The Kier molecular flexibility index (Phi) is 5.42. The van der Waals surface area contributed by atoms with E-state index in [-0.39, 0.29) is 5.91 Å². The summed E-state index contributed by atoms with van der Waals surface area (Å²) < 4.78 is 1.84. The highest BCUT2D eigenvalue weighted by Crippen LogP contribution is 2.23. The predicted molar refractivity (Wildman–Crippen MR) is 109 cm³/mol. The van der Waals surface area contributed by atoms with E-state index in [1.54, 1.807) is 18.3 Å². The van der Waals surface area contributed by atoms with E-state index in [1.807, 2.05) is 58.2 Å². The number of carboxylic acids is 1. The summed E-state index contributed by atoms with van der Waals surface area (Å²) in [5.74, 6) is -0.457. The highest BCUT2D eigenvalue weighted by molar-refractivity contribution is 5.94. The number of likely N-dealkylation sites (tertiary alicyclic amines) is 1. The molecule has 1 aliphatic heterocycles. The number of carbonyl (C=O) groups is 2. The van der Waals surface area contributed by atoms with Gasteiger partial charge in [0.1, 0.15) is 0 Å². The van der Waals surface area contributed by atoms with Gasteiger partial charge in [-0.05, 0) is 60.2 Å². The Morgan fingerprint density at radius 2 is 1.86 bits per heavy atom. The molecule has 0 radical (unpaired) electrons. The van der Waals surface area contributed by atoms with Crippen LogP contribution in [0.15, 0.2) is 67.0 Å². The van der Waals surface area contributed by atoms with Gasteiger partial charge < -0.3 is 10.0 Å². The summed E-state index contributed by atoms with van der Waals surface area (Å²) in [6.07, 6.45) is 5.46. The fraction of sp³-hybridized carbons (Fsp3) is 0.261. The van der Waals surface area contributed by atoms with Gasteiger partial charge in [-0.25, -0.2) is 4.79 Å². The van der Waals surface area contributed by atoms with E-state index in [9.17, 15) is 9.59 Å². The first kappa shape index (κ1) is 18.9. The predicted octanol–water partition coefficient (Wildman–Crippen LogP) is 3.33. The first-order chi connectivity index (χ1) is 14.1. The lowest BCUT2D eigenvalue weighted by Gasteiger charge is -2.17. The van der Waals surface area contributed by atoms with E-state index in [1.165, 1.54) is 0 Å². The molecule has 6 heteroatoms. The van der Waals surface area contributed by atoms with Crippen molar-refractivity contribution in [3.8, 4) is 0 Å². The number of nitrogens with zero attached hydrogens (tertiary/aromatic N) is 3. The largest absolute Gasteiger partial charge is 0.478 e. The minimum Gasteiger partial charge on any atom is -0.478 e. The van der Waals surface area contributed by atoms with Crippen LogP contribution in [0.2, 0.25) is 0 Å². The van der Waals surface area contributed by atoms with Gasteiger partial charge in [0, 0.05) is 31.0 Å². The molecule has 6 nitrogen and oxygen atoms in total. The molecule has 0 aliphatic carbocycles. The molecule has 1 aromatic heterocycles. The quantitative estimate of drug-likeness (QED) is 0.702. The van der Waals surface area contributed by atoms with Crippen molar-refractivity contribution < 1.29 is 14.7 Å². The number of hydrogen-bond donors (Lipinski definition) is 1. The Morgan fingerprint density at radius 3 is 2.59 bits per heavy atom. The number of rotatable bonds is 6. The Balaban J connectivity index is 1.37. The van der Waals surface area contributed by atoms with Crippen LogP contribution in [0, 0.1) is 5.92 Å². The molecule has 0 unspecified atom stereocenters. The molecular formula is C23H23N3O3. The van der Waals surface area contributed by atoms with E-state index in [4.69, 9.17) is 5.11 Å². The van der Waals surface area contributed by atoms with E-state index in [0.29, 0.717) is 23.6 Å². The van der Waals surface area contributed by atoms with Crippen molar-refractivity contribution in [2.24, 2.45) is 5.92 Å². The van der Waals surface area contributed by atoms with Gasteiger partial charge in [-0.3, -0.25) is 9.48 Å². The molecule has 1 N–H and O–H groups in total. The molecule has 2 aromatic carbocycles. The van der Waals surface area contributed by atoms with Gasteiger partial charge in [0.2, 0.25) is 0 Å². The zero-order chi connectivity index (χ0) is 20.2. The maximum absolute atomic E-state index is 13.0. The molecule has 0 spiro atoms. The second kappa shape index (κ2) is 8.31.